The van der Waals surface area contributed by atoms with Gasteiger partial charge in [0.15, 0.2) is 12.2 Å². The van der Waals surface area contributed by atoms with Crippen molar-refractivity contribution < 1.29 is 71.5 Å². The maximum Gasteiger partial charge on any atom is 0.335 e. The molecule has 2 rings (SSSR count). The van der Waals surface area contributed by atoms with E-state index in [1.807, 2.05) is 24.3 Å². The molecule has 0 saturated carbocycles. The van der Waals surface area contributed by atoms with E-state index in [1.54, 1.807) is 0 Å². The second-order valence-corrected chi connectivity index (χ2v) is 7.43. The Morgan fingerprint density at radius 2 is 0.842 bits per heavy atom. The first-order valence-electron chi connectivity index (χ1n) is 11.0. The van der Waals surface area contributed by atoms with Crippen LogP contribution in [0, 0.1) is 0 Å². The molecule has 0 heterocycles. The summed E-state index contributed by atoms with van der Waals surface area (Å²) in [4.78, 5) is 38.8. The third-order valence-corrected chi connectivity index (χ3v) is 4.45. The van der Waals surface area contributed by atoms with Gasteiger partial charge in [-0.2, -0.15) is 0 Å². The molecule has 2 aromatic rings. The predicted octanol–water partition coefficient (Wildman–Crippen LogP) is -4.67. The molecule has 2 aromatic carbocycles. The van der Waals surface area contributed by atoms with Crippen LogP contribution in [0.5, 0.6) is 0 Å². The Bertz CT molecular complexity index is 879. The van der Waals surface area contributed by atoms with Gasteiger partial charge in [-0.25, -0.2) is 9.59 Å². The number of aryl methyl sites for hydroxylation is 2. The van der Waals surface area contributed by atoms with E-state index in [1.165, 1.54) is 11.1 Å². The number of quaternary nitrogens is 2. The van der Waals surface area contributed by atoms with Crippen molar-refractivity contribution in [2.24, 2.45) is 0 Å². The molecule has 0 unspecified atom stereocenters. The summed E-state index contributed by atoms with van der Waals surface area (Å²) in [6.07, 6.45) is -7.19. The molecule has 0 spiro atoms. The summed E-state index contributed by atoms with van der Waals surface area (Å²) >= 11 is 0. The second-order valence-electron chi connectivity index (χ2n) is 7.43. The fraction of sp³-hybridized carbons (Fsp3) is 0.333. The average Bonchev–Trinajstić information content (AvgIpc) is 2.88. The first-order valence-corrected chi connectivity index (χ1v) is 11.0. The molecule has 0 amide bonds. The molecule has 14 nitrogen and oxygen atoms in total. The number of carbonyl (C=O) groups is 4. The van der Waals surface area contributed by atoms with Gasteiger partial charge in [0.25, 0.3) is 0 Å². The van der Waals surface area contributed by atoms with Crippen LogP contribution < -0.4 is 21.7 Å². The topological polar surface area (TPSA) is 291 Å². The van der Waals surface area contributed by atoms with Gasteiger partial charge in [0.1, 0.15) is 23.6 Å². The molecule has 0 aliphatic heterocycles. The van der Waals surface area contributed by atoms with Crippen molar-refractivity contribution in [2.75, 3.05) is 0 Å². The average molecular weight is 543 g/mol. The number of hydrogen-bond donors (Lipinski definition) is 8. The molecule has 0 fully saturated rings. The summed E-state index contributed by atoms with van der Waals surface area (Å²) < 4.78 is 0. The van der Waals surface area contributed by atoms with Gasteiger partial charge >= 0.3 is 11.9 Å². The molecule has 0 aromatic heterocycles. The summed E-state index contributed by atoms with van der Waals surface area (Å²) in [5.41, 5.74) is 12.5. The molecule has 0 aliphatic carbocycles. The summed E-state index contributed by atoms with van der Waals surface area (Å²) in [7, 11) is 0. The SMILES string of the molecule is CCc1ccc([NH3+])cc1.CCc1ccc([NH3+])cc1.O=C([O-])[C@H](O)[C@@H](O)C(=O)O.O=C([O-])[C@H](O)[C@@H](O)C(=O)O. The second kappa shape index (κ2) is 19.2. The molecule has 0 bridgehead atoms. The normalized spacial score (nSPS) is 12.8. The lowest BCUT2D eigenvalue weighted by molar-refractivity contribution is -0.319. The number of aliphatic hydroxyl groups excluding tert-OH is 4. The number of carboxylic acids is 4. The quantitative estimate of drug-likeness (QED) is 0.156. The zero-order valence-electron chi connectivity index (χ0n) is 20.9. The Morgan fingerprint density at radius 3 is 0.974 bits per heavy atom. The molecule has 212 valence electrons. The Labute approximate surface area is 218 Å². The molecule has 12 N–H and O–H groups in total. The van der Waals surface area contributed by atoms with Crippen LogP contribution in [0.3, 0.4) is 0 Å². The van der Waals surface area contributed by atoms with Crippen LogP contribution in [0.1, 0.15) is 25.0 Å². The third-order valence-electron chi connectivity index (χ3n) is 4.45. The van der Waals surface area contributed by atoms with Crippen LogP contribution in [-0.2, 0) is 32.0 Å². The van der Waals surface area contributed by atoms with Crippen molar-refractivity contribution in [1.29, 1.82) is 0 Å². The van der Waals surface area contributed by atoms with Crippen LogP contribution in [0.15, 0.2) is 48.5 Å². The third kappa shape index (κ3) is 15.9. The van der Waals surface area contributed by atoms with Gasteiger partial charge in [0.05, 0.1) is 11.9 Å². The van der Waals surface area contributed by atoms with E-state index < -0.39 is 48.3 Å². The van der Waals surface area contributed by atoms with Crippen molar-refractivity contribution in [3.63, 3.8) is 0 Å². The Hall–Kier alpha value is -3.92. The Kier molecular flexibility index (Phi) is 18.3. The highest BCUT2D eigenvalue weighted by Gasteiger charge is 2.24. The monoisotopic (exact) mass is 542 g/mol. The number of benzene rings is 2. The van der Waals surface area contributed by atoms with Crippen molar-refractivity contribution >= 4 is 35.3 Å². The van der Waals surface area contributed by atoms with E-state index >= 15 is 0 Å². The minimum atomic E-state index is -2.38. The van der Waals surface area contributed by atoms with E-state index in [2.05, 4.69) is 49.6 Å². The maximum atomic E-state index is 9.74. The molecule has 4 atom stereocenters. The number of aliphatic hydroxyl groups is 4. The van der Waals surface area contributed by atoms with Gasteiger partial charge in [-0.05, 0) is 48.2 Å². The molecular weight excluding hydrogens is 508 g/mol. The van der Waals surface area contributed by atoms with E-state index in [-0.39, 0.29) is 0 Å². The molecule has 0 saturated heterocycles. The zero-order chi connectivity index (χ0) is 30.0. The summed E-state index contributed by atoms with van der Waals surface area (Å²) in [5.74, 6) is -7.65. The lowest BCUT2D eigenvalue weighted by Crippen LogP contribution is -2.46. The van der Waals surface area contributed by atoms with Gasteiger partial charge in [-0.3, -0.25) is 0 Å². The lowest BCUT2D eigenvalue weighted by Gasteiger charge is -2.13. The summed E-state index contributed by atoms with van der Waals surface area (Å²) in [6.45, 7) is 4.30. The number of carbonyl (C=O) groups excluding carboxylic acids is 2. The Morgan fingerprint density at radius 1 is 0.605 bits per heavy atom. The van der Waals surface area contributed by atoms with Crippen molar-refractivity contribution in [3.05, 3.63) is 59.7 Å². The highest BCUT2D eigenvalue weighted by molar-refractivity contribution is 5.82. The largest absolute Gasteiger partial charge is 0.547 e. The Balaban J connectivity index is 0. The molecular formula is C24H34N2O12. The maximum absolute atomic E-state index is 9.74. The van der Waals surface area contributed by atoms with Crippen LogP contribution >= 0.6 is 0 Å². The van der Waals surface area contributed by atoms with E-state index in [0.29, 0.717) is 0 Å². The highest BCUT2D eigenvalue weighted by atomic mass is 16.4. The molecule has 0 aliphatic rings. The van der Waals surface area contributed by atoms with E-state index in [9.17, 15) is 29.4 Å². The molecule has 14 heteroatoms. The van der Waals surface area contributed by atoms with Crippen LogP contribution in [0.4, 0.5) is 11.4 Å². The van der Waals surface area contributed by atoms with Crippen molar-refractivity contribution in [2.45, 2.75) is 51.1 Å². The summed E-state index contributed by atoms with van der Waals surface area (Å²) in [5, 5.41) is 68.3. The zero-order valence-corrected chi connectivity index (χ0v) is 20.9. The van der Waals surface area contributed by atoms with Gasteiger partial charge in [-0.1, -0.05) is 38.1 Å². The smallest absolute Gasteiger partial charge is 0.335 e. The first kappa shape index (κ1) is 36.2. The fourth-order valence-corrected chi connectivity index (χ4v) is 2.08. The number of aliphatic carboxylic acids is 4. The minimum Gasteiger partial charge on any atom is -0.547 e. The number of hydrogen-bond acceptors (Lipinski definition) is 10. The fourth-order valence-electron chi connectivity index (χ4n) is 2.08. The number of rotatable bonds is 8. The lowest BCUT2D eigenvalue weighted by atomic mass is 10.2. The minimum absolute atomic E-state index is 1.09. The van der Waals surface area contributed by atoms with Crippen LogP contribution in [-0.4, -0.2) is 78.9 Å². The van der Waals surface area contributed by atoms with Gasteiger partial charge in [-0.15, -0.1) is 0 Å². The first-order chi connectivity index (χ1) is 17.6. The van der Waals surface area contributed by atoms with Crippen molar-refractivity contribution in [1.82, 2.24) is 0 Å². The predicted molar refractivity (Wildman–Crippen MR) is 126 cm³/mol. The van der Waals surface area contributed by atoms with Crippen LogP contribution in [0.25, 0.3) is 0 Å². The van der Waals surface area contributed by atoms with Crippen LogP contribution in [0.2, 0.25) is 0 Å². The number of carboxylic acid groups (broad SMARTS) is 4. The van der Waals surface area contributed by atoms with Gasteiger partial charge in [0.2, 0.25) is 0 Å². The highest BCUT2D eigenvalue weighted by Crippen LogP contribution is 2.04. The molecule has 38 heavy (non-hydrogen) atoms. The molecule has 0 radical (unpaired) electrons. The van der Waals surface area contributed by atoms with Crippen molar-refractivity contribution in [3.8, 4) is 0 Å². The van der Waals surface area contributed by atoms with E-state index in [4.69, 9.17) is 30.6 Å². The van der Waals surface area contributed by atoms with E-state index in [0.717, 1.165) is 24.2 Å². The van der Waals surface area contributed by atoms with Gasteiger partial charge in [0, 0.05) is 0 Å². The standard InChI is InChI=1S/2C8H11N.2C4H6O6/c2*1-2-7-3-5-8(9)6-4-7;2*5-1(3(7)8)2(6)4(9)10/h2*3-6H,2,9H2,1H3;2*1-2,5-6H,(H,7,8)(H,9,10)/t;;2*1-,2-/m..11/s1. The summed E-state index contributed by atoms with van der Waals surface area (Å²) in [6, 6.07) is 16.6. The van der Waals surface area contributed by atoms with Gasteiger partial charge < -0.3 is 61.9 Å².